The van der Waals surface area contributed by atoms with Crippen LogP contribution in [0.5, 0.6) is 0 Å². The third-order valence-corrected chi connectivity index (χ3v) is 7.58. The molecule has 9 nitrogen and oxygen atoms in total. The largest absolute Gasteiger partial charge is 0.394 e. The monoisotopic (exact) mass is 635 g/mol. The highest BCUT2D eigenvalue weighted by Crippen LogP contribution is 2.22. The molecular weight excluding hydrogens is 574 g/mol. The molecule has 0 aromatic carbocycles. The van der Waals surface area contributed by atoms with Gasteiger partial charge < -0.3 is 40.3 Å². The Labute approximate surface area is 271 Å². The summed E-state index contributed by atoms with van der Waals surface area (Å²) in [5.41, 5.74) is 0. The van der Waals surface area contributed by atoms with Gasteiger partial charge in [-0.25, -0.2) is 0 Å². The van der Waals surface area contributed by atoms with E-state index in [1.807, 2.05) is 6.08 Å². The number of aliphatic hydroxyl groups excluding tert-OH is 5. The number of carbonyl (C=O) groups is 1. The fourth-order valence-corrected chi connectivity index (χ4v) is 4.77. The van der Waals surface area contributed by atoms with E-state index in [0.717, 1.165) is 57.8 Å². The molecule has 1 saturated heterocycles. The first-order chi connectivity index (χ1) is 21.8. The van der Waals surface area contributed by atoms with Crippen LogP contribution in [-0.4, -0.2) is 87.5 Å². The molecule has 45 heavy (non-hydrogen) atoms. The molecule has 9 heteroatoms. The lowest BCUT2D eigenvalue weighted by molar-refractivity contribution is -0.302. The molecule has 1 rings (SSSR count). The van der Waals surface area contributed by atoms with Gasteiger partial charge >= 0.3 is 0 Å². The van der Waals surface area contributed by atoms with Crippen molar-refractivity contribution in [3.05, 3.63) is 60.8 Å². The smallest absolute Gasteiger partial charge is 0.220 e. The van der Waals surface area contributed by atoms with E-state index < -0.39 is 49.5 Å². The van der Waals surface area contributed by atoms with Gasteiger partial charge in [0.1, 0.15) is 24.4 Å². The van der Waals surface area contributed by atoms with Crippen LogP contribution in [0, 0.1) is 0 Å². The summed E-state index contributed by atoms with van der Waals surface area (Å²) in [6.45, 7) is 3.51. The van der Waals surface area contributed by atoms with E-state index in [4.69, 9.17) is 9.47 Å². The lowest BCUT2D eigenvalue weighted by Gasteiger charge is -2.40. The van der Waals surface area contributed by atoms with E-state index in [1.165, 1.54) is 19.3 Å². The third kappa shape index (κ3) is 19.2. The van der Waals surface area contributed by atoms with Gasteiger partial charge in [0.05, 0.1) is 25.4 Å². The van der Waals surface area contributed by atoms with Gasteiger partial charge in [-0.1, -0.05) is 93.9 Å². The Hall–Kier alpha value is -2.11. The van der Waals surface area contributed by atoms with E-state index in [1.54, 1.807) is 6.08 Å². The number of amides is 1. The number of nitrogens with one attached hydrogen (secondary N) is 1. The number of unbranched alkanes of at least 4 members (excludes halogenated alkanes) is 7. The van der Waals surface area contributed by atoms with Crippen LogP contribution in [0.2, 0.25) is 0 Å². The summed E-state index contributed by atoms with van der Waals surface area (Å²) < 4.78 is 11.1. The average Bonchev–Trinajstić information content (AvgIpc) is 3.04. The number of carbonyl (C=O) groups excluding carboxylic acids is 1. The van der Waals surface area contributed by atoms with Crippen molar-refractivity contribution in [3.8, 4) is 0 Å². The van der Waals surface area contributed by atoms with Crippen LogP contribution in [0.25, 0.3) is 0 Å². The Balaban J connectivity index is 2.56. The highest BCUT2D eigenvalue weighted by molar-refractivity contribution is 5.76. The standard InChI is InChI=1S/C36H61NO8/c1-3-5-7-9-11-13-14-15-16-18-20-22-24-26-32(40)37-29(30(39)25-23-21-19-17-12-10-8-6-4-2)28-44-36-35(43)34(42)33(41)31(27-38)45-36/h5,7,11-13,15-17,23,25,29-31,33-36,38-39,41-43H,3-4,6,8-10,14,18-22,24,26-28H2,1-2H3,(H,37,40)/b7-5-,13-11-,16-15-,17-12+,25-23+. The molecule has 0 aromatic heterocycles. The van der Waals surface area contributed by atoms with Crippen molar-refractivity contribution in [2.75, 3.05) is 13.2 Å². The molecule has 1 aliphatic heterocycles. The van der Waals surface area contributed by atoms with Crippen LogP contribution in [-0.2, 0) is 14.3 Å². The first-order valence-corrected chi connectivity index (χ1v) is 17.0. The lowest BCUT2D eigenvalue weighted by Crippen LogP contribution is -2.60. The highest BCUT2D eigenvalue weighted by atomic mass is 16.7. The molecule has 0 radical (unpaired) electrons. The topological polar surface area (TPSA) is 149 Å². The van der Waals surface area contributed by atoms with Gasteiger partial charge in [-0.3, -0.25) is 4.79 Å². The maximum absolute atomic E-state index is 12.8. The number of ether oxygens (including phenoxy) is 2. The molecule has 1 heterocycles. The second-order valence-electron chi connectivity index (χ2n) is 11.6. The minimum atomic E-state index is -1.58. The van der Waals surface area contributed by atoms with Gasteiger partial charge in [0, 0.05) is 6.42 Å². The molecule has 1 fully saturated rings. The zero-order valence-electron chi connectivity index (χ0n) is 27.6. The molecule has 0 aromatic rings. The molecule has 0 aliphatic carbocycles. The summed E-state index contributed by atoms with van der Waals surface area (Å²) in [7, 11) is 0. The van der Waals surface area contributed by atoms with Crippen molar-refractivity contribution in [2.45, 2.75) is 147 Å². The number of rotatable bonds is 25. The molecule has 1 aliphatic rings. The first kappa shape index (κ1) is 40.9. The van der Waals surface area contributed by atoms with Crippen molar-refractivity contribution in [1.82, 2.24) is 5.32 Å². The van der Waals surface area contributed by atoms with Crippen molar-refractivity contribution < 1.29 is 39.8 Å². The SMILES string of the molecule is CC/C=C\C/C=C\C/C=C\CCCCCC(=O)NC(COC1OC(CO)C(O)C(O)C1O)C(O)/C=C/CC/C=C/CCCCC. The minimum Gasteiger partial charge on any atom is -0.394 e. The average molecular weight is 636 g/mol. The highest BCUT2D eigenvalue weighted by Gasteiger charge is 2.44. The van der Waals surface area contributed by atoms with Crippen molar-refractivity contribution in [3.63, 3.8) is 0 Å². The maximum Gasteiger partial charge on any atom is 0.220 e. The predicted octanol–water partition coefficient (Wildman–Crippen LogP) is 4.93. The fourth-order valence-electron chi connectivity index (χ4n) is 4.77. The molecule has 0 saturated carbocycles. The van der Waals surface area contributed by atoms with Crippen molar-refractivity contribution in [1.29, 1.82) is 0 Å². The van der Waals surface area contributed by atoms with Crippen LogP contribution in [0.3, 0.4) is 0 Å². The second-order valence-corrected chi connectivity index (χ2v) is 11.6. The Bertz CT molecular complexity index is 884. The van der Waals surface area contributed by atoms with Crippen LogP contribution in [0.1, 0.15) is 104 Å². The van der Waals surface area contributed by atoms with E-state index in [-0.39, 0.29) is 12.5 Å². The normalized spacial score (nSPS) is 24.1. The summed E-state index contributed by atoms with van der Waals surface area (Å²) in [6, 6.07) is -0.834. The predicted molar refractivity (Wildman–Crippen MR) is 179 cm³/mol. The molecule has 7 unspecified atom stereocenters. The summed E-state index contributed by atoms with van der Waals surface area (Å²) in [6.07, 6.45) is 25.6. The molecule has 7 atom stereocenters. The van der Waals surface area contributed by atoms with Crippen LogP contribution in [0.4, 0.5) is 0 Å². The molecular formula is C36H61NO8. The van der Waals surface area contributed by atoms with E-state index in [2.05, 4.69) is 67.8 Å². The van der Waals surface area contributed by atoms with Crippen LogP contribution in [0.15, 0.2) is 60.8 Å². The number of aliphatic hydroxyl groups is 5. The number of hydrogen-bond donors (Lipinski definition) is 6. The summed E-state index contributed by atoms with van der Waals surface area (Å²) in [5, 5.41) is 53.6. The van der Waals surface area contributed by atoms with Gasteiger partial charge in [0.2, 0.25) is 5.91 Å². The lowest BCUT2D eigenvalue weighted by atomic mass is 9.99. The van der Waals surface area contributed by atoms with E-state index in [0.29, 0.717) is 12.8 Å². The van der Waals surface area contributed by atoms with Crippen molar-refractivity contribution >= 4 is 5.91 Å². The Morgan fingerprint density at radius 3 is 2.09 bits per heavy atom. The van der Waals surface area contributed by atoms with Gasteiger partial charge in [0.25, 0.3) is 0 Å². The number of allylic oxidation sites excluding steroid dienone is 9. The Morgan fingerprint density at radius 2 is 1.40 bits per heavy atom. The quantitative estimate of drug-likeness (QED) is 0.0611. The first-order valence-electron chi connectivity index (χ1n) is 17.0. The Kier molecular flexibility index (Phi) is 24.6. The third-order valence-electron chi connectivity index (χ3n) is 7.58. The van der Waals surface area contributed by atoms with Gasteiger partial charge in [-0.05, 0) is 64.2 Å². The summed E-state index contributed by atoms with van der Waals surface area (Å²) in [4.78, 5) is 12.8. The summed E-state index contributed by atoms with van der Waals surface area (Å²) in [5.74, 6) is -0.224. The molecule has 0 bridgehead atoms. The van der Waals surface area contributed by atoms with Crippen LogP contribution < -0.4 is 5.32 Å². The zero-order valence-corrected chi connectivity index (χ0v) is 27.6. The zero-order chi connectivity index (χ0) is 33.1. The van der Waals surface area contributed by atoms with Gasteiger partial charge in [0.15, 0.2) is 6.29 Å². The number of hydrogen-bond acceptors (Lipinski definition) is 8. The molecule has 258 valence electrons. The van der Waals surface area contributed by atoms with E-state index >= 15 is 0 Å². The van der Waals surface area contributed by atoms with Gasteiger partial charge in [-0.15, -0.1) is 0 Å². The molecule has 0 spiro atoms. The Morgan fingerprint density at radius 1 is 0.778 bits per heavy atom. The van der Waals surface area contributed by atoms with Crippen LogP contribution >= 0.6 is 0 Å². The summed E-state index contributed by atoms with van der Waals surface area (Å²) >= 11 is 0. The fraction of sp³-hybridized carbons (Fsp3) is 0.694. The molecule has 1 amide bonds. The van der Waals surface area contributed by atoms with Gasteiger partial charge in [-0.2, -0.15) is 0 Å². The maximum atomic E-state index is 12.8. The van der Waals surface area contributed by atoms with Crippen molar-refractivity contribution in [2.24, 2.45) is 0 Å². The second kappa shape index (κ2) is 27.0. The van der Waals surface area contributed by atoms with E-state index in [9.17, 15) is 30.3 Å². The minimum absolute atomic E-state index is 0.217. The molecule has 6 N–H and O–H groups in total.